The summed E-state index contributed by atoms with van der Waals surface area (Å²) in [7, 11) is 2.24. The van der Waals surface area contributed by atoms with E-state index in [4.69, 9.17) is 11.6 Å². The monoisotopic (exact) mass is 294 g/mol. The van der Waals surface area contributed by atoms with Crippen LogP contribution in [0.2, 0.25) is 5.02 Å². The van der Waals surface area contributed by atoms with E-state index in [1.54, 1.807) is 0 Å². The van der Waals surface area contributed by atoms with Crippen molar-refractivity contribution >= 4 is 11.6 Å². The first-order valence-corrected chi connectivity index (χ1v) is 8.15. The Bertz CT molecular complexity index is 390. The fourth-order valence-electron chi connectivity index (χ4n) is 3.52. The van der Waals surface area contributed by atoms with Crippen LogP contribution >= 0.6 is 11.6 Å². The molecule has 0 saturated carbocycles. The van der Waals surface area contributed by atoms with Crippen LogP contribution in [0.25, 0.3) is 0 Å². The van der Waals surface area contributed by atoms with Gasteiger partial charge in [0.2, 0.25) is 0 Å². The summed E-state index contributed by atoms with van der Waals surface area (Å²) in [6, 6.07) is 8.22. The number of hydrogen-bond donors (Lipinski definition) is 1. The molecule has 0 bridgehead atoms. The number of benzene rings is 1. The standard InChI is InChI=1S/C17H27ClN2/c1-3-9-17(10-4-11-19-13-17)14-20(2)12-15-5-7-16(18)8-6-15/h5-8,19H,3-4,9-14H2,1-2H3. The van der Waals surface area contributed by atoms with E-state index in [2.05, 4.69) is 36.3 Å². The van der Waals surface area contributed by atoms with Crippen LogP contribution < -0.4 is 5.32 Å². The lowest BCUT2D eigenvalue weighted by Crippen LogP contribution is -2.46. The molecule has 112 valence electrons. The summed E-state index contributed by atoms with van der Waals surface area (Å²) in [5.41, 5.74) is 1.81. The van der Waals surface area contributed by atoms with Crippen molar-refractivity contribution in [2.24, 2.45) is 5.41 Å². The molecular formula is C17H27ClN2. The number of rotatable bonds is 6. The number of hydrogen-bond acceptors (Lipinski definition) is 2. The molecule has 0 amide bonds. The van der Waals surface area contributed by atoms with Gasteiger partial charge in [0.15, 0.2) is 0 Å². The number of nitrogens with zero attached hydrogens (tertiary/aromatic N) is 1. The van der Waals surface area contributed by atoms with Gasteiger partial charge in [0.05, 0.1) is 0 Å². The summed E-state index contributed by atoms with van der Waals surface area (Å²) in [4.78, 5) is 2.46. The number of halogens is 1. The summed E-state index contributed by atoms with van der Waals surface area (Å²) in [5.74, 6) is 0. The fourth-order valence-corrected chi connectivity index (χ4v) is 3.64. The minimum atomic E-state index is 0.466. The molecule has 20 heavy (non-hydrogen) atoms. The zero-order valence-electron chi connectivity index (χ0n) is 12.8. The van der Waals surface area contributed by atoms with E-state index in [0.29, 0.717) is 5.41 Å². The molecule has 0 aliphatic carbocycles. The van der Waals surface area contributed by atoms with Gasteiger partial charge in [-0.15, -0.1) is 0 Å². The van der Waals surface area contributed by atoms with Crippen molar-refractivity contribution in [1.82, 2.24) is 10.2 Å². The molecule has 3 heteroatoms. The molecule has 1 saturated heterocycles. The van der Waals surface area contributed by atoms with Crippen molar-refractivity contribution in [3.05, 3.63) is 34.9 Å². The molecule has 1 aliphatic heterocycles. The van der Waals surface area contributed by atoms with Crippen LogP contribution in [-0.2, 0) is 6.54 Å². The Hall–Kier alpha value is -0.570. The maximum atomic E-state index is 5.95. The summed E-state index contributed by atoms with van der Waals surface area (Å²) in [5, 5.41) is 4.41. The second kappa shape index (κ2) is 7.44. The number of piperidine rings is 1. The first-order chi connectivity index (χ1) is 9.63. The summed E-state index contributed by atoms with van der Waals surface area (Å²) >= 11 is 5.95. The molecule has 1 aliphatic rings. The number of nitrogens with one attached hydrogen (secondary N) is 1. The second-order valence-corrected chi connectivity index (χ2v) is 6.77. The van der Waals surface area contributed by atoms with Crippen molar-refractivity contribution in [1.29, 1.82) is 0 Å². The summed E-state index contributed by atoms with van der Waals surface area (Å²) in [6.07, 6.45) is 5.27. The highest BCUT2D eigenvalue weighted by Crippen LogP contribution is 2.32. The Balaban J connectivity index is 1.93. The van der Waals surface area contributed by atoms with Gasteiger partial charge in [0, 0.05) is 24.7 Å². The Labute approximate surface area is 128 Å². The average Bonchev–Trinajstić information content (AvgIpc) is 2.42. The Morgan fingerprint density at radius 2 is 2.05 bits per heavy atom. The van der Waals surface area contributed by atoms with Crippen molar-refractivity contribution < 1.29 is 0 Å². The third-order valence-electron chi connectivity index (χ3n) is 4.31. The van der Waals surface area contributed by atoms with Gasteiger partial charge >= 0.3 is 0 Å². The van der Waals surface area contributed by atoms with E-state index in [-0.39, 0.29) is 0 Å². The average molecular weight is 295 g/mol. The van der Waals surface area contributed by atoms with E-state index >= 15 is 0 Å². The predicted molar refractivity (Wildman–Crippen MR) is 87.2 cm³/mol. The van der Waals surface area contributed by atoms with Crippen LogP contribution in [0.5, 0.6) is 0 Å². The second-order valence-electron chi connectivity index (χ2n) is 6.33. The van der Waals surface area contributed by atoms with Gasteiger partial charge in [0.25, 0.3) is 0 Å². The molecule has 1 fully saturated rings. The molecule has 2 rings (SSSR count). The lowest BCUT2D eigenvalue weighted by molar-refractivity contribution is 0.118. The van der Waals surface area contributed by atoms with E-state index in [1.165, 1.54) is 50.9 Å². The highest BCUT2D eigenvalue weighted by Gasteiger charge is 2.32. The van der Waals surface area contributed by atoms with Crippen molar-refractivity contribution in [2.75, 3.05) is 26.7 Å². The van der Waals surface area contributed by atoms with Crippen LogP contribution in [0.4, 0.5) is 0 Å². The van der Waals surface area contributed by atoms with Crippen LogP contribution in [0.3, 0.4) is 0 Å². The van der Waals surface area contributed by atoms with Gasteiger partial charge in [-0.05, 0) is 56.0 Å². The molecule has 1 atom stereocenters. The maximum absolute atomic E-state index is 5.95. The lowest BCUT2D eigenvalue weighted by atomic mass is 9.76. The van der Waals surface area contributed by atoms with E-state index in [1.807, 2.05) is 12.1 Å². The molecule has 1 aromatic rings. The fraction of sp³-hybridized carbons (Fsp3) is 0.647. The van der Waals surface area contributed by atoms with Crippen molar-refractivity contribution in [3.8, 4) is 0 Å². The van der Waals surface area contributed by atoms with Gasteiger partial charge < -0.3 is 10.2 Å². The lowest BCUT2D eigenvalue weighted by Gasteiger charge is -2.40. The first-order valence-electron chi connectivity index (χ1n) is 7.77. The van der Waals surface area contributed by atoms with Crippen LogP contribution in [-0.4, -0.2) is 31.6 Å². The molecular weight excluding hydrogens is 268 g/mol. The minimum absolute atomic E-state index is 0.466. The highest BCUT2D eigenvalue weighted by atomic mass is 35.5. The molecule has 1 N–H and O–H groups in total. The minimum Gasteiger partial charge on any atom is -0.316 e. The molecule has 1 heterocycles. The summed E-state index contributed by atoms with van der Waals surface area (Å²) in [6.45, 7) is 6.84. The van der Waals surface area contributed by atoms with E-state index in [9.17, 15) is 0 Å². The molecule has 1 aromatic carbocycles. The Kier molecular flexibility index (Phi) is 5.88. The highest BCUT2D eigenvalue weighted by molar-refractivity contribution is 6.30. The molecule has 0 spiro atoms. The van der Waals surface area contributed by atoms with Gasteiger partial charge in [-0.3, -0.25) is 0 Å². The molecule has 0 radical (unpaired) electrons. The third kappa shape index (κ3) is 4.47. The molecule has 0 aromatic heterocycles. The van der Waals surface area contributed by atoms with Gasteiger partial charge in [-0.25, -0.2) is 0 Å². The summed E-state index contributed by atoms with van der Waals surface area (Å²) < 4.78 is 0. The van der Waals surface area contributed by atoms with Crippen LogP contribution in [0, 0.1) is 5.41 Å². The largest absolute Gasteiger partial charge is 0.316 e. The zero-order chi connectivity index (χ0) is 14.4. The molecule has 1 unspecified atom stereocenters. The van der Waals surface area contributed by atoms with Crippen molar-refractivity contribution in [2.45, 2.75) is 39.2 Å². The first kappa shape index (κ1) is 15.8. The van der Waals surface area contributed by atoms with Crippen molar-refractivity contribution in [3.63, 3.8) is 0 Å². The van der Waals surface area contributed by atoms with Crippen LogP contribution in [0.15, 0.2) is 24.3 Å². The van der Waals surface area contributed by atoms with Crippen LogP contribution in [0.1, 0.15) is 38.2 Å². The quantitative estimate of drug-likeness (QED) is 0.855. The topological polar surface area (TPSA) is 15.3 Å². The normalized spacial score (nSPS) is 23.2. The zero-order valence-corrected chi connectivity index (χ0v) is 13.5. The smallest absolute Gasteiger partial charge is 0.0406 e. The predicted octanol–water partition coefficient (Wildman–Crippen LogP) is 3.94. The third-order valence-corrected chi connectivity index (χ3v) is 4.56. The van der Waals surface area contributed by atoms with Gasteiger partial charge in [0.1, 0.15) is 0 Å². The van der Waals surface area contributed by atoms with Gasteiger partial charge in [-0.1, -0.05) is 37.1 Å². The van der Waals surface area contributed by atoms with E-state index < -0.39 is 0 Å². The SMILES string of the molecule is CCCC1(CN(C)Cc2ccc(Cl)cc2)CCCNC1. The molecule has 2 nitrogen and oxygen atoms in total. The Morgan fingerprint density at radius 1 is 1.30 bits per heavy atom. The van der Waals surface area contributed by atoms with E-state index in [0.717, 1.165) is 11.6 Å². The van der Waals surface area contributed by atoms with Gasteiger partial charge in [-0.2, -0.15) is 0 Å². The Morgan fingerprint density at radius 3 is 2.65 bits per heavy atom. The maximum Gasteiger partial charge on any atom is 0.0406 e.